The van der Waals surface area contributed by atoms with Gasteiger partial charge in [0, 0.05) is 5.69 Å². The van der Waals surface area contributed by atoms with E-state index in [1.165, 1.54) is 18.2 Å². The number of carbonyl (C=O) groups is 2. The quantitative estimate of drug-likeness (QED) is 0.714. The predicted molar refractivity (Wildman–Crippen MR) is 98.0 cm³/mol. The number of nitrogens with one attached hydrogen (secondary N) is 2. The molecule has 0 aromatic heterocycles. The second-order valence-electron chi connectivity index (χ2n) is 6.49. The molecule has 1 aliphatic rings. The molecule has 28 heavy (non-hydrogen) atoms. The SMILES string of the molecule is CCOc1ccc(NC(=O)C2(C(=O)Nc3ccccc3C(F)(F)F)CC2)cc1. The second-order valence-corrected chi connectivity index (χ2v) is 6.49. The first-order valence-corrected chi connectivity index (χ1v) is 8.78. The average Bonchev–Trinajstić information content (AvgIpc) is 3.45. The molecule has 0 radical (unpaired) electrons. The van der Waals surface area contributed by atoms with Crippen LogP contribution in [0.1, 0.15) is 25.3 Å². The van der Waals surface area contributed by atoms with Gasteiger partial charge in [0.15, 0.2) is 0 Å². The van der Waals surface area contributed by atoms with E-state index in [9.17, 15) is 22.8 Å². The molecule has 0 heterocycles. The standard InChI is InChI=1S/C20H19F3N2O3/c1-2-28-14-9-7-13(8-10-14)24-17(26)19(11-12-19)18(27)25-16-6-4-3-5-15(16)20(21,22)23/h3-10H,2,11-12H2,1H3,(H,24,26)(H,25,27). The lowest BCUT2D eigenvalue weighted by atomic mass is 10.0. The number of anilines is 2. The molecule has 1 fully saturated rings. The molecular formula is C20H19F3N2O3. The third-order valence-electron chi connectivity index (χ3n) is 4.52. The van der Waals surface area contributed by atoms with Gasteiger partial charge >= 0.3 is 6.18 Å². The molecule has 0 spiro atoms. The van der Waals surface area contributed by atoms with Crippen molar-refractivity contribution in [1.82, 2.24) is 0 Å². The topological polar surface area (TPSA) is 67.4 Å². The Morgan fingerprint density at radius 1 is 1.00 bits per heavy atom. The molecule has 2 amide bonds. The molecule has 2 N–H and O–H groups in total. The summed E-state index contributed by atoms with van der Waals surface area (Å²) in [5.74, 6) is -0.644. The number of halogens is 3. The van der Waals surface area contributed by atoms with Crippen molar-refractivity contribution in [2.24, 2.45) is 5.41 Å². The maximum Gasteiger partial charge on any atom is 0.418 e. The highest BCUT2D eigenvalue weighted by Crippen LogP contribution is 2.48. The molecule has 0 aliphatic heterocycles. The lowest BCUT2D eigenvalue weighted by molar-refractivity contribution is -0.137. The summed E-state index contributed by atoms with van der Waals surface area (Å²) in [5.41, 5.74) is -2.20. The Bertz CT molecular complexity index is 875. The first-order valence-electron chi connectivity index (χ1n) is 8.78. The second kappa shape index (κ2) is 7.53. The van der Waals surface area contributed by atoms with Gasteiger partial charge in [-0.15, -0.1) is 0 Å². The van der Waals surface area contributed by atoms with Gasteiger partial charge in [0.25, 0.3) is 0 Å². The van der Waals surface area contributed by atoms with Crippen LogP contribution in [0.2, 0.25) is 0 Å². The van der Waals surface area contributed by atoms with E-state index in [0.717, 1.165) is 6.07 Å². The minimum Gasteiger partial charge on any atom is -0.494 e. The van der Waals surface area contributed by atoms with Crippen LogP contribution in [-0.2, 0) is 15.8 Å². The van der Waals surface area contributed by atoms with Crippen molar-refractivity contribution in [1.29, 1.82) is 0 Å². The Morgan fingerprint density at radius 3 is 2.18 bits per heavy atom. The zero-order valence-corrected chi connectivity index (χ0v) is 15.1. The van der Waals surface area contributed by atoms with Crippen LogP contribution in [0.15, 0.2) is 48.5 Å². The van der Waals surface area contributed by atoms with Crippen molar-refractivity contribution < 1.29 is 27.5 Å². The summed E-state index contributed by atoms with van der Waals surface area (Å²) < 4.78 is 44.6. The molecule has 3 rings (SSSR count). The lowest BCUT2D eigenvalue weighted by Crippen LogP contribution is -2.36. The van der Waals surface area contributed by atoms with Crippen molar-refractivity contribution in [3.8, 4) is 5.75 Å². The number of ether oxygens (including phenoxy) is 1. The average molecular weight is 392 g/mol. The lowest BCUT2D eigenvalue weighted by Gasteiger charge is -2.18. The van der Waals surface area contributed by atoms with Crippen molar-refractivity contribution in [3.63, 3.8) is 0 Å². The van der Waals surface area contributed by atoms with Crippen LogP contribution >= 0.6 is 0 Å². The highest BCUT2D eigenvalue weighted by Gasteiger charge is 2.56. The Labute approximate surface area is 159 Å². The Balaban J connectivity index is 1.71. The van der Waals surface area contributed by atoms with Gasteiger partial charge in [-0.3, -0.25) is 9.59 Å². The molecule has 2 aromatic rings. The van der Waals surface area contributed by atoms with Gasteiger partial charge in [-0.1, -0.05) is 12.1 Å². The number of hydrogen-bond acceptors (Lipinski definition) is 3. The largest absolute Gasteiger partial charge is 0.494 e. The van der Waals surface area contributed by atoms with E-state index in [1.54, 1.807) is 24.3 Å². The number of benzene rings is 2. The third kappa shape index (κ3) is 4.11. The summed E-state index contributed by atoms with van der Waals surface area (Å²) >= 11 is 0. The van der Waals surface area contributed by atoms with Gasteiger partial charge in [0.2, 0.25) is 11.8 Å². The molecule has 148 valence electrons. The Hall–Kier alpha value is -3.03. The molecule has 5 nitrogen and oxygen atoms in total. The van der Waals surface area contributed by atoms with Crippen molar-refractivity contribution in [2.75, 3.05) is 17.2 Å². The van der Waals surface area contributed by atoms with Gasteiger partial charge in [0.1, 0.15) is 11.2 Å². The molecular weight excluding hydrogens is 373 g/mol. The van der Waals surface area contributed by atoms with Crippen LogP contribution in [0.3, 0.4) is 0 Å². The van der Waals surface area contributed by atoms with Crippen LogP contribution in [0.25, 0.3) is 0 Å². The summed E-state index contributed by atoms with van der Waals surface area (Å²) in [6.45, 7) is 2.36. The molecule has 1 saturated carbocycles. The third-order valence-corrected chi connectivity index (χ3v) is 4.52. The molecule has 2 aromatic carbocycles. The van der Waals surface area contributed by atoms with Gasteiger partial charge in [-0.25, -0.2) is 0 Å². The summed E-state index contributed by atoms with van der Waals surface area (Å²) in [5, 5.41) is 4.92. The van der Waals surface area contributed by atoms with Crippen LogP contribution in [0, 0.1) is 5.41 Å². The zero-order valence-electron chi connectivity index (χ0n) is 15.1. The van der Waals surface area contributed by atoms with Gasteiger partial charge in [0.05, 0.1) is 17.9 Å². The van der Waals surface area contributed by atoms with Crippen molar-refractivity contribution >= 4 is 23.2 Å². The van der Waals surface area contributed by atoms with Crippen molar-refractivity contribution in [2.45, 2.75) is 25.9 Å². The molecule has 0 unspecified atom stereocenters. The molecule has 0 bridgehead atoms. The van der Waals surface area contributed by atoms with Crippen LogP contribution < -0.4 is 15.4 Å². The minimum atomic E-state index is -4.61. The fraction of sp³-hybridized carbons (Fsp3) is 0.300. The maximum absolute atomic E-state index is 13.1. The first-order chi connectivity index (χ1) is 13.3. The monoisotopic (exact) mass is 392 g/mol. The smallest absolute Gasteiger partial charge is 0.418 e. The highest BCUT2D eigenvalue weighted by atomic mass is 19.4. The summed E-state index contributed by atoms with van der Waals surface area (Å²) in [7, 11) is 0. The normalized spacial score (nSPS) is 14.9. The maximum atomic E-state index is 13.1. The fourth-order valence-corrected chi connectivity index (χ4v) is 2.82. The zero-order chi connectivity index (χ0) is 20.4. The summed E-state index contributed by atoms with van der Waals surface area (Å²) in [6, 6.07) is 11.3. The van der Waals surface area contributed by atoms with Crippen LogP contribution in [0.4, 0.5) is 24.5 Å². The number of hydrogen-bond donors (Lipinski definition) is 2. The number of carbonyl (C=O) groups excluding carboxylic acids is 2. The summed E-state index contributed by atoms with van der Waals surface area (Å²) in [6.07, 6.45) is -4.06. The van der Waals surface area contributed by atoms with Gasteiger partial charge in [-0.05, 0) is 56.2 Å². The minimum absolute atomic E-state index is 0.274. The molecule has 8 heteroatoms. The first kappa shape index (κ1) is 19.7. The molecule has 1 aliphatic carbocycles. The van der Waals surface area contributed by atoms with Crippen molar-refractivity contribution in [3.05, 3.63) is 54.1 Å². The van der Waals surface area contributed by atoms with E-state index >= 15 is 0 Å². The number of para-hydroxylation sites is 1. The predicted octanol–water partition coefficient (Wildman–Crippen LogP) is 4.46. The molecule has 0 saturated heterocycles. The molecule has 0 atom stereocenters. The summed E-state index contributed by atoms with van der Waals surface area (Å²) in [4.78, 5) is 25.2. The van der Waals surface area contributed by atoms with Crippen LogP contribution in [-0.4, -0.2) is 18.4 Å². The number of amides is 2. The highest BCUT2D eigenvalue weighted by molar-refractivity contribution is 6.17. The van der Waals surface area contributed by atoms with Gasteiger partial charge in [-0.2, -0.15) is 13.2 Å². The van der Waals surface area contributed by atoms with E-state index in [2.05, 4.69) is 10.6 Å². The number of rotatable bonds is 6. The fourth-order valence-electron chi connectivity index (χ4n) is 2.82. The van der Waals surface area contributed by atoms with Gasteiger partial charge < -0.3 is 15.4 Å². The van der Waals surface area contributed by atoms with E-state index in [0.29, 0.717) is 18.0 Å². The van der Waals surface area contributed by atoms with E-state index in [4.69, 9.17) is 4.74 Å². The van der Waals surface area contributed by atoms with E-state index in [1.807, 2.05) is 6.92 Å². The van der Waals surface area contributed by atoms with E-state index < -0.39 is 29.0 Å². The van der Waals surface area contributed by atoms with E-state index in [-0.39, 0.29) is 18.5 Å². The number of alkyl halides is 3. The van der Waals surface area contributed by atoms with Crippen LogP contribution in [0.5, 0.6) is 5.75 Å². The Morgan fingerprint density at radius 2 is 1.61 bits per heavy atom. The Kier molecular flexibility index (Phi) is 5.31.